The van der Waals surface area contributed by atoms with Gasteiger partial charge in [0.25, 0.3) is 0 Å². The van der Waals surface area contributed by atoms with E-state index in [9.17, 15) is 9.90 Å². The number of hydrogen-bond acceptors (Lipinski definition) is 2. The molecule has 110 valence electrons. The van der Waals surface area contributed by atoms with Crippen LogP contribution in [0.3, 0.4) is 0 Å². The fourth-order valence-corrected chi connectivity index (χ4v) is 3.20. The van der Waals surface area contributed by atoms with Crippen molar-refractivity contribution in [3.05, 3.63) is 35.9 Å². The van der Waals surface area contributed by atoms with E-state index < -0.39 is 11.5 Å². The number of nitrogens with one attached hydrogen (secondary N) is 1. The molecule has 0 spiro atoms. The van der Waals surface area contributed by atoms with Gasteiger partial charge in [-0.2, -0.15) is 0 Å². The van der Waals surface area contributed by atoms with E-state index in [-0.39, 0.29) is 0 Å². The molecular weight excluding hydrogens is 250 g/mol. The van der Waals surface area contributed by atoms with Crippen LogP contribution in [0.15, 0.2) is 30.3 Å². The van der Waals surface area contributed by atoms with E-state index in [2.05, 4.69) is 12.2 Å². The van der Waals surface area contributed by atoms with Crippen LogP contribution >= 0.6 is 0 Å². The fourth-order valence-electron chi connectivity index (χ4n) is 3.20. The molecule has 2 rings (SSSR count). The molecule has 1 aliphatic rings. The molecule has 0 saturated heterocycles. The molecule has 0 atom stereocenters. The highest BCUT2D eigenvalue weighted by molar-refractivity contribution is 5.78. The summed E-state index contributed by atoms with van der Waals surface area (Å²) >= 11 is 0. The van der Waals surface area contributed by atoms with Crippen LogP contribution in [0.2, 0.25) is 0 Å². The third-order valence-electron chi connectivity index (χ3n) is 4.54. The van der Waals surface area contributed by atoms with Gasteiger partial charge in [-0.15, -0.1) is 0 Å². The number of rotatable bonds is 6. The van der Waals surface area contributed by atoms with E-state index in [1.54, 1.807) is 0 Å². The molecular formula is C17H25NO2. The van der Waals surface area contributed by atoms with Crippen LogP contribution in [0, 0.1) is 5.92 Å². The molecule has 0 heterocycles. The first kappa shape index (κ1) is 15.0. The molecule has 0 amide bonds. The van der Waals surface area contributed by atoms with Crippen LogP contribution in [0.25, 0.3) is 0 Å². The van der Waals surface area contributed by atoms with Gasteiger partial charge in [-0.05, 0) is 37.2 Å². The van der Waals surface area contributed by atoms with Gasteiger partial charge in [0.2, 0.25) is 0 Å². The summed E-state index contributed by atoms with van der Waals surface area (Å²) in [7, 11) is 0. The molecule has 20 heavy (non-hydrogen) atoms. The summed E-state index contributed by atoms with van der Waals surface area (Å²) in [5, 5.41) is 12.9. The summed E-state index contributed by atoms with van der Waals surface area (Å²) in [6.07, 6.45) is 5.99. The highest BCUT2D eigenvalue weighted by Gasteiger charge is 2.41. The van der Waals surface area contributed by atoms with E-state index >= 15 is 0 Å². The van der Waals surface area contributed by atoms with Crippen molar-refractivity contribution in [2.24, 2.45) is 5.92 Å². The number of benzene rings is 1. The van der Waals surface area contributed by atoms with Gasteiger partial charge in [0.15, 0.2) is 0 Å². The molecule has 1 saturated carbocycles. The Hall–Kier alpha value is -1.35. The van der Waals surface area contributed by atoms with Gasteiger partial charge < -0.3 is 5.11 Å². The van der Waals surface area contributed by atoms with Gasteiger partial charge >= 0.3 is 5.97 Å². The zero-order chi connectivity index (χ0) is 14.4. The molecule has 1 fully saturated rings. The monoisotopic (exact) mass is 275 g/mol. The molecule has 0 aliphatic heterocycles. The van der Waals surface area contributed by atoms with Gasteiger partial charge in [0.05, 0.1) is 0 Å². The topological polar surface area (TPSA) is 49.3 Å². The summed E-state index contributed by atoms with van der Waals surface area (Å²) in [5.41, 5.74) is 0.420. The Morgan fingerprint density at radius 3 is 2.50 bits per heavy atom. The highest BCUT2D eigenvalue weighted by atomic mass is 16.4. The average molecular weight is 275 g/mol. The predicted octanol–water partition coefficient (Wildman–Crippen LogP) is 3.59. The third kappa shape index (κ3) is 3.60. The van der Waals surface area contributed by atoms with Crippen molar-refractivity contribution in [1.29, 1.82) is 0 Å². The van der Waals surface area contributed by atoms with Crippen molar-refractivity contribution in [2.45, 2.75) is 57.5 Å². The largest absolute Gasteiger partial charge is 0.480 e. The lowest BCUT2D eigenvalue weighted by molar-refractivity contribution is -0.147. The first-order valence-electron chi connectivity index (χ1n) is 7.68. The normalized spacial score (nSPS) is 26.4. The van der Waals surface area contributed by atoms with Crippen molar-refractivity contribution in [3.8, 4) is 0 Å². The Morgan fingerprint density at radius 2 is 1.95 bits per heavy atom. The van der Waals surface area contributed by atoms with Crippen molar-refractivity contribution >= 4 is 5.97 Å². The minimum absolute atomic E-state index is 0.631. The van der Waals surface area contributed by atoms with Gasteiger partial charge in [-0.3, -0.25) is 10.1 Å². The average Bonchev–Trinajstić information content (AvgIpc) is 2.48. The number of carbonyl (C=O) groups is 1. The second-order valence-electron chi connectivity index (χ2n) is 5.96. The molecule has 3 heteroatoms. The second kappa shape index (κ2) is 6.89. The van der Waals surface area contributed by atoms with E-state index in [1.165, 1.54) is 12.8 Å². The Morgan fingerprint density at radius 1 is 1.30 bits per heavy atom. The van der Waals surface area contributed by atoms with Crippen LogP contribution in [0.5, 0.6) is 0 Å². The number of carboxylic acids is 1. The number of aliphatic carboxylic acids is 1. The Bertz CT molecular complexity index is 422. The molecule has 1 aromatic carbocycles. The minimum Gasteiger partial charge on any atom is -0.480 e. The molecule has 0 aromatic heterocycles. The van der Waals surface area contributed by atoms with Gasteiger partial charge in [0.1, 0.15) is 5.54 Å². The molecule has 1 aromatic rings. The maximum absolute atomic E-state index is 11.7. The van der Waals surface area contributed by atoms with E-state index in [0.717, 1.165) is 31.2 Å². The van der Waals surface area contributed by atoms with Crippen molar-refractivity contribution in [3.63, 3.8) is 0 Å². The Labute approximate surface area is 121 Å². The smallest absolute Gasteiger partial charge is 0.323 e. The number of carboxylic acid groups (broad SMARTS) is 1. The summed E-state index contributed by atoms with van der Waals surface area (Å²) in [6.45, 7) is 2.83. The quantitative estimate of drug-likeness (QED) is 0.834. The predicted molar refractivity (Wildman–Crippen MR) is 80.5 cm³/mol. The lowest BCUT2D eigenvalue weighted by Crippen LogP contribution is -2.53. The van der Waals surface area contributed by atoms with Gasteiger partial charge in [0, 0.05) is 6.54 Å². The third-order valence-corrected chi connectivity index (χ3v) is 4.54. The maximum atomic E-state index is 11.7. The van der Waals surface area contributed by atoms with Crippen LogP contribution < -0.4 is 5.32 Å². The molecule has 1 aliphatic carbocycles. The fraction of sp³-hybridized carbons (Fsp3) is 0.588. The minimum atomic E-state index is -0.722. The van der Waals surface area contributed by atoms with E-state index in [1.807, 2.05) is 30.3 Å². The first-order chi connectivity index (χ1) is 9.66. The Kier molecular flexibility index (Phi) is 5.18. The van der Waals surface area contributed by atoms with E-state index in [4.69, 9.17) is 0 Å². The molecule has 3 nitrogen and oxygen atoms in total. The molecule has 0 unspecified atom stereocenters. The molecule has 2 N–H and O–H groups in total. The standard InChI is InChI=1S/C17H25NO2/c1-2-6-14-9-11-17(12-10-14,16(19)20)18-13-15-7-4-3-5-8-15/h3-5,7-8,14,18H,2,6,9-13H2,1H3,(H,19,20). The van der Waals surface area contributed by atoms with Crippen LogP contribution in [-0.4, -0.2) is 16.6 Å². The highest BCUT2D eigenvalue weighted by Crippen LogP contribution is 2.34. The summed E-state index contributed by atoms with van der Waals surface area (Å²) in [4.78, 5) is 11.7. The van der Waals surface area contributed by atoms with E-state index in [0.29, 0.717) is 12.5 Å². The van der Waals surface area contributed by atoms with Crippen LogP contribution in [0.4, 0.5) is 0 Å². The van der Waals surface area contributed by atoms with Crippen molar-refractivity contribution in [2.75, 3.05) is 0 Å². The van der Waals surface area contributed by atoms with Crippen LogP contribution in [-0.2, 0) is 11.3 Å². The van der Waals surface area contributed by atoms with Crippen LogP contribution in [0.1, 0.15) is 51.0 Å². The zero-order valence-electron chi connectivity index (χ0n) is 12.3. The van der Waals surface area contributed by atoms with Gasteiger partial charge in [-0.1, -0.05) is 50.1 Å². The van der Waals surface area contributed by atoms with Crippen molar-refractivity contribution < 1.29 is 9.90 Å². The first-order valence-corrected chi connectivity index (χ1v) is 7.68. The second-order valence-corrected chi connectivity index (χ2v) is 5.96. The summed E-state index contributed by atoms with van der Waals surface area (Å²) in [5.74, 6) is 0.0226. The Balaban J connectivity index is 1.96. The lowest BCUT2D eigenvalue weighted by atomic mass is 9.75. The number of hydrogen-bond donors (Lipinski definition) is 2. The zero-order valence-corrected chi connectivity index (χ0v) is 12.3. The van der Waals surface area contributed by atoms with Crippen molar-refractivity contribution in [1.82, 2.24) is 5.32 Å². The lowest BCUT2D eigenvalue weighted by Gasteiger charge is -2.37. The summed E-state index contributed by atoms with van der Waals surface area (Å²) < 4.78 is 0. The SMILES string of the molecule is CCCC1CCC(NCc2ccccc2)(C(=O)O)CC1. The molecule has 0 radical (unpaired) electrons. The van der Waals surface area contributed by atoms with Gasteiger partial charge in [-0.25, -0.2) is 0 Å². The maximum Gasteiger partial charge on any atom is 0.323 e. The molecule has 0 bridgehead atoms. The summed E-state index contributed by atoms with van der Waals surface area (Å²) in [6, 6.07) is 10.0.